The molecule has 26 heavy (non-hydrogen) atoms. The Hall–Kier alpha value is -2.87. The first kappa shape index (κ1) is 17.9. The average molecular weight is 369 g/mol. The molecule has 0 fully saturated rings. The van der Waals surface area contributed by atoms with E-state index in [1.807, 2.05) is 56.3 Å². The molecule has 0 saturated carbocycles. The summed E-state index contributed by atoms with van der Waals surface area (Å²) in [6.07, 6.45) is 0. The first-order valence-corrected chi connectivity index (χ1v) is 8.98. The zero-order valence-electron chi connectivity index (χ0n) is 14.8. The van der Waals surface area contributed by atoms with Crippen molar-refractivity contribution in [3.63, 3.8) is 0 Å². The minimum atomic E-state index is -0.113. The van der Waals surface area contributed by atoms with Crippen molar-refractivity contribution in [2.24, 2.45) is 0 Å². The summed E-state index contributed by atoms with van der Waals surface area (Å²) in [6, 6.07) is 13.4. The molecule has 3 rings (SSSR count). The number of nitrogens with one attached hydrogen (secondary N) is 1. The van der Waals surface area contributed by atoms with Gasteiger partial charge >= 0.3 is 0 Å². The van der Waals surface area contributed by atoms with E-state index in [1.165, 1.54) is 11.8 Å². The third-order valence-corrected chi connectivity index (χ3v) is 4.67. The van der Waals surface area contributed by atoms with Crippen LogP contribution in [0.4, 0.5) is 5.69 Å². The lowest BCUT2D eigenvalue weighted by Crippen LogP contribution is -2.15. The smallest absolute Gasteiger partial charge is 0.234 e. The summed E-state index contributed by atoms with van der Waals surface area (Å²) in [5.41, 5.74) is 3.66. The number of aryl methyl sites for hydroxylation is 2. The SMILES string of the molecule is COc1ccccc1-n1nnnc1SCC(=O)Nc1cc(C)ccc1C. The number of methoxy groups -OCH3 is 1. The molecule has 0 aliphatic heterocycles. The number of thioether (sulfide) groups is 1. The molecule has 1 N–H and O–H groups in total. The summed E-state index contributed by atoms with van der Waals surface area (Å²) < 4.78 is 6.91. The molecule has 0 saturated heterocycles. The van der Waals surface area contributed by atoms with Crippen LogP contribution in [-0.4, -0.2) is 39.0 Å². The summed E-state index contributed by atoms with van der Waals surface area (Å²) in [4.78, 5) is 12.3. The quantitative estimate of drug-likeness (QED) is 0.673. The number of nitrogens with zero attached hydrogens (tertiary/aromatic N) is 4. The van der Waals surface area contributed by atoms with Crippen molar-refractivity contribution in [3.05, 3.63) is 53.6 Å². The van der Waals surface area contributed by atoms with Crippen LogP contribution >= 0.6 is 11.8 Å². The summed E-state index contributed by atoms with van der Waals surface area (Å²) in [7, 11) is 1.59. The lowest BCUT2D eigenvalue weighted by Gasteiger charge is -2.10. The Kier molecular flexibility index (Phi) is 5.52. The monoisotopic (exact) mass is 369 g/mol. The molecule has 0 radical (unpaired) electrons. The summed E-state index contributed by atoms with van der Waals surface area (Å²) in [5, 5.41) is 15.2. The van der Waals surface area contributed by atoms with Gasteiger partial charge in [-0.1, -0.05) is 36.0 Å². The molecule has 8 heteroatoms. The van der Waals surface area contributed by atoms with E-state index < -0.39 is 0 Å². The van der Waals surface area contributed by atoms with Gasteiger partial charge in [0.05, 0.1) is 12.9 Å². The molecule has 0 unspecified atom stereocenters. The highest BCUT2D eigenvalue weighted by atomic mass is 32.2. The maximum atomic E-state index is 12.3. The fraction of sp³-hybridized carbons (Fsp3) is 0.222. The second kappa shape index (κ2) is 8.01. The highest BCUT2D eigenvalue weighted by molar-refractivity contribution is 7.99. The number of para-hydroxylation sites is 2. The van der Waals surface area contributed by atoms with Gasteiger partial charge in [-0.3, -0.25) is 4.79 Å². The van der Waals surface area contributed by atoms with Gasteiger partial charge in [-0.2, -0.15) is 4.68 Å². The molecule has 0 spiro atoms. The molecule has 0 bridgehead atoms. The maximum Gasteiger partial charge on any atom is 0.234 e. The lowest BCUT2D eigenvalue weighted by atomic mass is 10.1. The minimum absolute atomic E-state index is 0.113. The van der Waals surface area contributed by atoms with Crippen LogP contribution in [0.1, 0.15) is 11.1 Å². The first-order chi connectivity index (χ1) is 12.6. The topological polar surface area (TPSA) is 81.9 Å². The lowest BCUT2D eigenvalue weighted by molar-refractivity contribution is -0.113. The van der Waals surface area contributed by atoms with Crippen LogP contribution in [-0.2, 0) is 4.79 Å². The molecule has 1 aromatic heterocycles. The van der Waals surface area contributed by atoms with Gasteiger partial charge in [0.15, 0.2) is 0 Å². The molecular formula is C18H19N5O2S. The number of carbonyl (C=O) groups is 1. The molecule has 3 aromatic rings. The number of aromatic nitrogens is 4. The minimum Gasteiger partial charge on any atom is -0.494 e. The number of hydrogen-bond acceptors (Lipinski definition) is 6. The molecule has 0 aliphatic rings. The Morgan fingerprint density at radius 1 is 1.23 bits per heavy atom. The van der Waals surface area contributed by atoms with E-state index in [4.69, 9.17) is 4.74 Å². The predicted octanol–water partition coefficient (Wildman–Crippen LogP) is 3.02. The van der Waals surface area contributed by atoms with E-state index in [-0.39, 0.29) is 11.7 Å². The Labute approximate surface area is 155 Å². The molecule has 1 heterocycles. The standard InChI is InChI=1S/C18H19N5O2S/c1-12-8-9-13(2)14(10-12)19-17(24)11-26-18-20-21-22-23(18)15-6-4-5-7-16(15)25-3/h4-10H,11H2,1-3H3,(H,19,24). The molecule has 0 atom stereocenters. The maximum absolute atomic E-state index is 12.3. The van der Waals surface area contributed by atoms with E-state index in [1.54, 1.807) is 11.8 Å². The van der Waals surface area contributed by atoms with Gasteiger partial charge < -0.3 is 10.1 Å². The Morgan fingerprint density at radius 3 is 2.85 bits per heavy atom. The molecule has 2 aromatic carbocycles. The van der Waals surface area contributed by atoms with Crippen molar-refractivity contribution in [2.75, 3.05) is 18.2 Å². The van der Waals surface area contributed by atoms with Gasteiger partial charge in [-0.25, -0.2) is 0 Å². The molecular weight excluding hydrogens is 350 g/mol. The van der Waals surface area contributed by atoms with Crippen molar-refractivity contribution in [1.82, 2.24) is 20.2 Å². The summed E-state index contributed by atoms with van der Waals surface area (Å²) >= 11 is 1.26. The average Bonchev–Trinajstić information content (AvgIpc) is 3.11. The van der Waals surface area contributed by atoms with Crippen LogP contribution in [0, 0.1) is 13.8 Å². The van der Waals surface area contributed by atoms with Gasteiger partial charge in [0.25, 0.3) is 0 Å². The van der Waals surface area contributed by atoms with Crippen molar-refractivity contribution < 1.29 is 9.53 Å². The van der Waals surface area contributed by atoms with Crippen molar-refractivity contribution in [3.8, 4) is 11.4 Å². The zero-order valence-corrected chi connectivity index (χ0v) is 15.6. The molecule has 134 valence electrons. The van der Waals surface area contributed by atoms with Gasteiger partial charge in [-0.05, 0) is 53.6 Å². The normalized spacial score (nSPS) is 10.6. The van der Waals surface area contributed by atoms with Crippen molar-refractivity contribution >= 4 is 23.4 Å². The highest BCUT2D eigenvalue weighted by Gasteiger charge is 2.15. The van der Waals surface area contributed by atoms with Crippen LogP contribution in [0.5, 0.6) is 5.75 Å². The second-order valence-corrected chi connectivity index (χ2v) is 6.64. The van der Waals surface area contributed by atoms with Gasteiger partial charge in [0, 0.05) is 5.69 Å². The number of rotatable bonds is 6. The van der Waals surface area contributed by atoms with E-state index in [2.05, 4.69) is 20.8 Å². The van der Waals surface area contributed by atoms with Gasteiger partial charge in [0.2, 0.25) is 11.1 Å². The Morgan fingerprint density at radius 2 is 2.04 bits per heavy atom. The molecule has 1 amide bonds. The van der Waals surface area contributed by atoms with E-state index in [9.17, 15) is 4.79 Å². The van der Waals surface area contributed by atoms with Crippen LogP contribution in [0.2, 0.25) is 0 Å². The first-order valence-electron chi connectivity index (χ1n) is 8.00. The van der Waals surface area contributed by atoms with Crippen LogP contribution < -0.4 is 10.1 Å². The summed E-state index contributed by atoms with van der Waals surface area (Å²) in [6.45, 7) is 3.95. The third kappa shape index (κ3) is 4.02. The second-order valence-electron chi connectivity index (χ2n) is 5.70. The summed E-state index contributed by atoms with van der Waals surface area (Å²) in [5.74, 6) is 0.739. The fourth-order valence-corrected chi connectivity index (χ4v) is 3.10. The van der Waals surface area contributed by atoms with E-state index in [0.717, 1.165) is 22.5 Å². The highest BCUT2D eigenvalue weighted by Crippen LogP contribution is 2.25. The number of amides is 1. The van der Waals surface area contributed by atoms with Crippen LogP contribution in [0.25, 0.3) is 5.69 Å². The fourth-order valence-electron chi connectivity index (χ4n) is 2.41. The molecule has 0 aliphatic carbocycles. The Bertz CT molecular complexity index is 925. The Balaban J connectivity index is 1.70. The van der Waals surface area contributed by atoms with Crippen molar-refractivity contribution in [1.29, 1.82) is 0 Å². The van der Waals surface area contributed by atoms with E-state index in [0.29, 0.717) is 10.9 Å². The molecule has 7 nitrogen and oxygen atoms in total. The zero-order chi connectivity index (χ0) is 18.5. The van der Waals surface area contributed by atoms with Crippen LogP contribution in [0.3, 0.4) is 0 Å². The van der Waals surface area contributed by atoms with Gasteiger partial charge in [0.1, 0.15) is 11.4 Å². The van der Waals surface area contributed by atoms with Crippen LogP contribution in [0.15, 0.2) is 47.6 Å². The number of tetrazole rings is 1. The van der Waals surface area contributed by atoms with Crippen molar-refractivity contribution in [2.45, 2.75) is 19.0 Å². The number of carbonyl (C=O) groups excluding carboxylic acids is 1. The van der Waals surface area contributed by atoms with E-state index >= 15 is 0 Å². The third-order valence-electron chi connectivity index (χ3n) is 3.75. The number of anilines is 1. The number of ether oxygens (including phenoxy) is 1. The number of hydrogen-bond donors (Lipinski definition) is 1. The number of benzene rings is 2. The largest absolute Gasteiger partial charge is 0.494 e. The predicted molar refractivity (Wildman–Crippen MR) is 101 cm³/mol. The van der Waals surface area contributed by atoms with Gasteiger partial charge in [-0.15, -0.1) is 5.10 Å².